The van der Waals surface area contributed by atoms with E-state index in [0.717, 1.165) is 47.9 Å². The summed E-state index contributed by atoms with van der Waals surface area (Å²) in [6.07, 6.45) is 2.78. The Balaban J connectivity index is 0.00000169. The number of carbonyl (C=O) groups excluding carboxylic acids is 1. The molecule has 1 unspecified atom stereocenters. The first-order valence-corrected chi connectivity index (χ1v) is 9.41. The maximum atomic E-state index is 12.8. The summed E-state index contributed by atoms with van der Waals surface area (Å²) in [6.45, 7) is 5.60. The molecule has 1 aliphatic rings. The second kappa shape index (κ2) is 10.3. The van der Waals surface area contributed by atoms with Crippen molar-refractivity contribution in [2.75, 3.05) is 13.1 Å². The second-order valence-electron chi connectivity index (χ2n) is 6.67. The molecule has 0 radical (unpaired) electrons. The number of piperidine rings is 1. The van der Waals surface area contributed by atoms with Crippen molar-refractivity contribution in [3.05, 3.63) is 51.5 Å². The van der Waals surface area contributed by atoms with Crippen molar-refractivity contribution < 1.29 is 4.79 Å². The summed E-state index contributed by atoms with van der Waals surface area (Å²) in [4.78, 5) is 20.2. The largest absolute Gasteiger partial charge is 0.338 e. The topological polar surface area (TPSA) is 59.2 Å². The van der Waals surface area contributed by atoms with E-state index in [-0.39, 0.29) is 36.8 Å². The molecule has 1 saturated heterocycles. The Bertz CT molecular complexity index is 698. The number of aryl methyl sites for hydroxylation is 1. The van der Waals surface area contributed by atoms with Crippen LogP contribution < -0.4 is 5.73 Å². The molecule has 2 heterocycles. The van der Waals surface area contributed by atoms with Crippen LogP contribution in [0, 0.1) is 12.8 Å². The first kappa shape index (κ1) is 22.9. The number of aromatic nitrogens is 1. The number of hydrogen-bond acceptors (Lipinski definition) is 4. The zero-order chi connectivity index (χ0) is 17.1. The van der Waals surface area contributed by atoms with Gasteiger partial charge in [0.15, 0.2) is 0 Å². The number of likely N-dealkylation sites (tertiary alicyclic amines) is 1. The fraction of sp³-hybridized carbons (Fsp3) is 0.474. The predicted molar refractivity (Wildman–Crippen MR) is 113 cm³/mol. The molecule has 1 fully saturated rings. The van der Waals surface area contributed by atoms with E-state index in [1.54, 1.807) is 0 Å². The zero-order valence-corrected chi connectivity index (χ0v) is 17.6. The summed E-state index contributed by atoms with van der Waals surface area (Å²) in [6, 6.07) is 10.5. The first-order chi connectivity index (χ1) is 11.5. The van der Waals surface area contributed by atoms with E-state index in [0.29, 0.717) is 5.92 Å². The van der Waals surface area contributed by atoms with E-state index in [1.807, 2.05) is 30.0 Å². The second-order valence-corrected chi connectivity index (χ2v) is 7.76. The van der Waals surface area contributed by atoms with Gasteiger partial charge < -0.3 is 10.6 Å². The first-order valence-electron chi connectivity index (χ1n) is 8.59. The molecule has 26 heavy (non-hydrogen) atoms. The van der Waals surface area contributed by atoms with Gasteiger partial charge in [0.2, 0.25) is 0 Å². The Hall–Kier alpha value is -1.14. The Morgan fingerprint density at radius 1 is 1.27 bits per heavy atom. The summed E-state index contributed by atoms with van der Waals surface area (Å²) in [7, 11) is 0. The molecule has 1 aliphatic heterocycles. The Morgan fingerprint density at radius 3 is 2.46 bits per heavy atom. The van der Waals surface area contributed by atoms with E-state index in [9.17, 15) is 4.79 Å². The minimum atomic E-state index is 0. The van der Waals surface area contributed by atoms with E-state index >= 15 is 0 Å². The normalized spacial score (nSPS) is 15.7. The third kappa shape index (κ3) is 5.43. The summed E-state index contributed by atoms with van der Waals surface area (Å²) in [5, 5.41) is 1.01. The molecule has 0 saturated carbocycles. The molecule has 3 rings (SSSR count). The van der Waals surface area contributed by atoms with Crippen LogP contribution in [-0.4, -0.2) is 34.9 Å². The minimum Gasteiger partial charge on any atom is -0.338 e. The number of nitrogens with zero attached hydrogens (tertiary/aromatic N) is 2. The van der Waals surface area contributed by atoms with Crippen molar-refractivity contribution in [1.82, 2.24) is 9.88 Å². The molecule has 4 nitrogen and oxygen atoms in total. The van der Waals surface area contributed by atoms with E-state index in [4.69, 9.17) is 5.73 Å². The molecule has 7 heteroatoms. The van der Waals surface area contributed by atoms with Crippen LogP contribution in [0.4, 0.5) is 0 Å². The van der Waals surface area contributed by atoms with Crippen molar-refractivity contribution in [1.29, 1.82) is 0 Å². The van der Waals surface area contributed by atoms with Gasteiger partial charge in [-0.1, -0.05) is 30.3 Å². The molecule has 1 aromatic carbocycles. The van der Waals surface area contributed by atoms with Gasteiger partial charge in [0, 0.05) is 25.6 Å². The smallest absolute Gasteiger partial charge is 0.265 e. The van der Waals surface area contributed by atoms with Crippen molar-refractivity contribution in [3.63, 3.8) is 0 Å². The van der Waals surface area contributed by atoms with E-state index < -0.39 is 0 Å². The van der Waals surface area contributed by atoms with Crippen LogP contribution >= 0.6 is 36.2 Å². The van der Waals surface area contributed by atoms with Crippen molar-refractivity contribution in [3.8, 4) is 0 Å². The molecule has 0 spiro atoms. The standard InChI is InChI=1S/C19H25N3OS.2ClH/c1-13(20)16-8-10-22(11-9-16)19(23)18-14(2)21-17(24-18)12-15-6-4-3-5-7-15;;/h3-7,13,16H,8-12,20H2,1-2H3;2*1H. The van der Waals surface area contributed by atoms with Crippen LogP contribution in [-0.2, 0) is 6.42 Å². The highest BCUT2D eigenvalue weighted by Gasteiger charge is 2.27. The van der Waals surface area contributed by atoms with Crippen LogP contribution in [0.15, 0.2) is 30.3 Å². The third-order valence-electron chi connectivity index (χ3n) is 4.80. The van der Waals surface area contributed by atoms with Gasteiger partial charge in [-0.2, -0.15) is 0 Å². The van der Waals surface area contributed by atoms with Crippen molar-refractivity contribution in [2.45, 2.75) is 39.2 Å². The van der Waals surface area contributed by atoms with Crippen molar-refractivity contribution >= 4 is 42.1 Å². The summed E-state index contributed by atoms with van der Waals surface area (Å²) < 4.78 is 0. The van der Waals surface area contributed by atoms with Gasteiger partial charge >= 0.3 is 0 Å². The lowest BCUT2D eigenvalue weighted by Crippen LogP contribution is -2.42. The average Bonchev–Trinajstić information content (AvgIpc) is 2.95. The lowest BCUT2D eigenvalue weighted by Gasteiger charge is -2.33. The van der Waals surface area contributed by atoms with Crippen LogP contribution in [0.5, 0.6) is 0 Å². The van der Waals surface area contributed by atoms with Crippen LogP contribution in [0.3, 0.4) is 0 Å². The van der Waals surface area contributed by atoms with Gasteiger partial charge in [0.25, 0.3) is 5.91 Å². The fourth-order valence-corrected chi connectivity index (χ4v) is 4.34. The summed E-state index contributed by atoms with van der Waals surface area (Å²) in [5.41, 5.74) is 8.07. The SMILES string of the molecule is Cc1nc(Cc2ccccc2)sc1C(=O)N1CCC(C(C)N)CC1.Cl.Cl. The molecule has 0 bridgehead atoms. The minimum absolute atomic E-state index is 0. The Morgan fingerprint density at radius 2 is 1.88 bits per heavy atom. The lowest BCUT2D eigenvalue weighted by molar-refractivity contribution is 0.0685. The highest BCUT2D eigenvalue weighted by Crippen LogP contribution is 2.26. The van der Waals surface area contributed by atoms with Crippen LogP contribution in [0.2, 0.25) is 0 Å². The molecule has 1 aromatic heterocycles. The van der Waals surface area contributed by atoms with E-state index in [2.05, 4.69) is 24.0 Å². The maximum absolute atomic E-state index is 12.8. The molecular formula is C19H27Cl2N3OS. The molecule has 2 aromatic rings. The van der Waals surface area contributed by atoms with Gasteiger partial charge in [-0.3, -0.25) is 4.79 Å². The molecular weight excluding hydrogens is 389 g/mol. The Kier molecular flexibility index (Phi) is 9.04. The van der Waals surface area contributed by atoms with Gasteiger partial charge in [-0.15, -0.1) is 36.2 Å². The molecule has 0 aliphatic carbocycles. The molecule has 2 N–H and O–H groups in total. The molecule has 1 amide bonds. The number of amides is 1. The maximum Gasteiger partial charge on any atom is 0.265 e. The molecule has 144 valence electrons. The summed E-state index contributed by atoms with van der Waals surface area (Å²) >= 11 is 1.54. The van der Waals surface area contributed by atoms with Gasteiger partial charge in [-0.25, -0.2) is 4.98 Å². The van der Waals surface area contributed by atoms with Gasteiger partial charge in [0.1, 0.15) is 4.88 Å². The highest BCUT2D eigenvalue weighted by molar-refractivity contribution is 7.13. The number of carbonyl (C=O) groups is 1. The highest BCUT2D eigenvalue weighted by atomic mass is 35.5. The number of nitrogens with two attached hydrogens (primary N) is 1. The third-order valence-corrected chi connectivity index (χ3v) is 5.95. The monoisotopic (exact) mass is 415 g/mol. The number of thiazole rings is 1. The van der Waals surface area contributed by atoms with Crippen LogP contribution in [0.25, 0.3) is 0 Å². The van der Waals surface area contributed by atoms with Gasteiger partial charge in [-0.05, 0) is 38.2 Å². The number of halogens is 2. The van der Waals surface area contributed by atoms with Crippen molar-refractivity contribution in [2.24, 2.45) is 11.7 Å². The number of benzene rings is 1. The Labute approximate surface area is 172 Å². The predicted octanol–water partition coefficient (Wildman–Crippen LogP) is 4.09. The molecule has 1 atom stereocenters. The number of hydrogen-bond donors (Lipinski definition) is 1. The van der Waals surface area contributed by atoms with E-state index in [1.165, 1.54) is 16.9 Å². The van der Waals surface area contributed by atoms with Crippen LogP contribution in [0.1, 0.15) is 45.7 Å². The summed E-state index contributed by atoms with van der Waals surface area (Å²) in [5.74, 6) is 0.665. The zero-order valence-electron chi connectivity index (χ0n) is 15.2. The number of rotatable bonds is 4. The lowest BCUT2D eigenvalue weighted by atomic mass is 9.91. The fourth-order valence-electron chi connectivity index (χ4n) is 3.27. The van der Waals surface area contributed by atoms with Gasteiger partial charge in [0.05, 0.1) is 10.7 Å². The quantitative estimate of drug-likeness (QED) is 0.817. The average molecular weight is 416 g/mol.